The van der Waals surface area contributed by atoms with Crippen LogP contribution in [0.15, 0.2) is 36.1 Å². The molecule has 0 spiro atoms. The molecule has 17 heavy (non-hydrogen) atoms. The molecular formula is C14H19BOS. The second kappa shape index (κ2) is 8.29. The van der Waals surface area contributed by atoms with E-state index < -0.39 is 0 Å². The van der Waals surface area contributed by atoms with E-state index in [1.165, 1.54) is 5.46 Å². The molecule has 0 amide bonds. The molecule has 3 heteroatoms. The average molecular weight is 246 g/mol. The fourth-order valence-corrected chi connectivity index (χ4v) is 2.42. The Morgan fingerprint density at radius 2 is 2.35 bits per heavy atom. The maximum atomic E-state index is 11.5. The monoisotopic (exact) mass is 246 g/mol. The van der Waals surface area contributed by atoms with Crippen LogP contribution in [-0.2, 0) is 11.2 Å². The van der Waals surface area contributed by atoms with Crippen molar-refractivity contribution in [1.82, 2.24) is 0 Å². The van der Waals surface area contributed by atoms with Crippen molar-refractivity contribution in [3.05, 3.63) is 41.6 Å². The second-order valence-electron chi connectivity index (χ2n) is 4.16. The quantitative estimate of drug-likeness (QED) is 0.653. The van der Waals surface area contributed by atoms with Gasteiger partial charge in [0, 0.05) is 0 Å². The van der Waals surface area contributed by atoms with Crippen molar-refractivity contribution in [3.63, 3.8) is 0 Å². The number of carbonyl (C=O) groups excluding carboxylic acids is 1. The van der Waals surface area contributed by atoms with Crippen LogP contribution in [0.25, 0.3) is 0 Å². The third-order valence-corrected chi connectivity index (χ3v) is 3.61. The third kappa shape index (κ3) is 5.87. The number of hydrogen-bond acceptors (Lipinski definition) is 2. The van der Waals surface area contributed by atoms with Crippen LogP contribution >= 0.6 is 11.8 Å². The first-order valence-corrected chi connectivity index (χ1v) is 7.05. The van der Waals surface area contributed by atoms with Crippen LogP contribution < -0.4 is 0 Å². The molecule has 0 N–H and O–H groups in total. The number of thioether (sulfide) groups is 1. The molecule has 1 heterocycles. The Kier molecular flexibility index (Phi) is 6.94. The second-order valence-corrected chi connectivity index (χ2v) is 5.23. The van der Waals surface area contributed by atoms with Crippen LogP contribution in [0.2, 0.25) is 0 Å². The molecular weight excluding hydrogens is 227 g/mol. The topological polar surface area (TPSA) is 17.1 Å². The summed E-state index contributed by atoms with van der Waals surface area (Å²) < 4.78 is 0. The van der Waals surface area contributed by atoms with Crippen LogP contribution in [0, 0.1) is 5.92 Å². The fraction of sp³-hybridized carbons (Fsp3) is 0.429. The number of hydrogen-bond donors (Lipinski definition) is 0. The van der Waals surface area contributed by atoms with Gasteiger partial charge in [-0.15, -0.1) is 0 Å². The predicted octanol–water partition coefficient (Wildman–Crippen LogP) is 3.43. The van der Waals surface area contributed by atoms with E-state index in [-0.39, 0.29) is 5.92 Å². The van der Waals surface area contributed by atoms with E-state index >= 15 is 0 Å². The van der Waals surface area contributed by atoms with E-state index in [0.29, 0.717) is 5.78 Å². The number of aryl methyl sites for hydroxylation is 1. The molecule has 0 aliphatic carbocycles. The molecule has 0 aliphatic heterocycles. The SMILES string of the molecule is C=CSCCC(CCc1bcccc1)C(C)=O. The van der Waals surface area contributed by atoms with Crippen molar-refractivity contribution in [2.75, 3.05) is 5.75 Å². The van der Waals surface area contributed by atoms with Crippen molar-refractivity contribution in [2.45, 2.75) is 26.2 Å². The summed E-state index contributed by atoms with van der Waals surface area (Å²) in [6.45, 7) is 7.50. The van der Waals surface area contributed by atoms with Gasteiger partial charge in [0.05, 0.1) is 0 Å². The summed E-state index contributed by atoms with van der Waals surface area (Å²) >= 11 is 1.69. The summed E-state index contributed by atoms with van der Waals surface area (Å²) in [5.74, 6) is 3.54. The molecule has 1 nitrogen and oxygen atoms in total. The van der Waals surface area contributed by atoms with Gasteiger partial charge in [0.25, 0.3) is 0 Å². The Morgan fingerprint density at radius 1 is 1.53 bits per heavy atom. The van der Waals surface area contributed by atoms with Gasteiger partial charge in [-0.3, -0.25) is 0 Å². The summed E-state index contributed by atoms with van der Waals surface area (Å²) in [4.78, 5) is 11.5. The summed E-state index contributed by atoms with van der Waals surface area (Å²) in [7, 11) is 0. The fourth-order valence-electron chi connectivity index (χ4n) is 1.83. The Bertz CT molecular complexity index is 350. The van der Waals surface area contributed by atoms with Gasteiger partial charge in [0.15, 0.2) is 0 Å². The molecule has 0 saturated heterocycles. The van der Waals surface area contributed by atoms with Crippen LogP contribution in [0.4, 0.5) is 0 Å². The first kappa shape index (κ1) is 14.2. The molecule has 1 aromatic rings. The van der Waals surface area contributed by atoms with Crippen LogP contribution in [0.1, 0.15) is 25.2 Å². The van der Waals surface area contributed by atoms with Crippen LogP contribution in [0.5, 0.6) is 0 Å². The van der Waals surface area contributed by atoms with E-state index in [9.17, 15) is 4.79 Å². The van der Waals surface area contributed by atoms with Gasteiger partial charge in [0.2, 0.25) is 0 Å². The molecule has 0 aliphatic rings. The Balaban J connectivity index is 2.39. The number of Topliss-reactive ketones (excluding diaryl/α,β-unsaturated/α-hetero) is 1. The first-order valence-electron chi connectivity index (χ1n) is 6.01. The molecule has 0 fully saturated rings. The van der Waals surface area contributed by atoms with E-state index in [1.807, 2.05) is 23.5 Å². The zero-order chi connectivity index (χ0) is 12.5. The molecule has 1 aromatic heterocycles. The Morgan fingerprint density at radius 3 is 2.94 bits per heavy atom. The van der Waals surface area contributed by atoms with Crippen molar-refractivity contribution in [1.29, 1.82) is 0 Å². The molecule has 0 aromatic carbocycles. The predicted molar refractivity (Wildman–Crippen MR) is 77.6 cm³/mol. The standard InChI is InChI=1S/C14H19BOS/c1-3-17-11-9-13(12(2)16)7-8-14-6-4-5-10-15-14/h3-6,10,13H,1,7-9,11H2,2H3. The molecule has 90 valence electrons. The zero-order valence-corrected chi connectivity index (χ0v) is 11.2. The van der Waals surface area contributed by atoms with Crippen molar-refractivity contribution in [3.8, 4) is 0 Å². The third-order valence-electron chi connectivity index (χ3n) is 2.90. The Hall–Kier alpha value is -0.825. The van der Waals surface area contributed by atoms with E-state index in [4.69, 9.17) is 0 Å². The Labute approximate surface area is 109 Å². The minimum atomic E-state index is 0.197. The molecule has 1 unspecified atom stereocenters. The van der Waals surface area contributed by atoms with Crippen molar-refractivity contribution >= 4 is 24.5 Å². The summed E-state index contributed by atoms with van der Waals surface area (Å²) in [5, 5.41) is 1.84. The van der Waals surface area contributed by atoms with Crippen LogP contribution in [-0.4, -0.2) is 18.4 Å². The van der Waals surface area contributed by atoms with Gasteiger partial charge >= 0.3 is 109 Å². The maximum absolute atomic E-state index is 11.5. The van der Waals surface area contributed by atoms with Crippen molar-refractivity contribution in [2.24, 2.45) is 5.92 Å². The van der Waals surface area contributed by atoms with Crippen molar-refractivity contribution < 1.29 is 4.79 Å². The molecule has 1 atom stereocenters. The van der Waals surface area contributed by atoms with Gasteiger partial charge in [-0.1, -0.05) is 0 Å². The van der Waals surface area contributed by atoms with Gasteiger partial charge in [-0.2, -0.15) is 0 Å². The first-order chi connectivity index (χ1) is 8.24. The van der Waals surface area contributed by atoms with Gasteiger partial charge in [-0.05, 0) is 0 Å². The molecule has 0 saturated carbocycles. The van der Waals surface area contributed by atoms with Crippen LogP contribution in [0.3, 0.4) is 0 Å². The number of carbonyl (C=O) groups is 1. The minimum absolute atomic E-state index is 0.197. The molecule has 1 rings (SSSR count). The average Bonchev–Trinajstić information content (AvgIpc) is 2.34. The van der Waals surface area contributed by atoms with Gasteiger partial charge < -0.3 is 0 Å². The zero-order valence-electron chi connectivity index (χ0n) is 10.4. The van der Waals surface area contributed by atoms with E-state index in [1.54, 1.807) is 18.7 Å². The summed E-state index contributed by atoms with van der Waals surface area (Å²) in [6, 6.07) is 6.19. The van der Waals surface area contributed by atoms with Gasteiger partial charge in [-0.25, -0.2) is 0 Å². The molecule has 0 radical (unpaired) electrons. The summed E-state index contributed by atoms with van der Waals surface area (Å²) in [6.07, 6.45) is 2.90. The van der Waals surface area contributed by atoms with Gasteiger partial charge in [0.1, 0.15) is 0 Å². The van der Waals surface area contributed by atoms with E-state index in [2.05, 4.69) is 19.6 Å². The summed E-state index contributed by atoms with van der Waals surface area (Å²) in [5.41, 5.74) is 1.31. The number of rotatable bonds is 8. The van der Waals surface area contributed by atoms with E-state index in [0.717, 1.165) is 25.0 Å². The molecule has 0 bridgehead atoms. The number of ketones is 1. The normalized spacial score (nSPS) is 11.8.